The fourth-order valence-corrected chi connectivity index (χ4v) is 10.9. The van der Waals surface area contributed by atoms with E-state index in [1.807, 2.05) is 78.6 Å². The Morgan fingerprint density at radius 1 is 0.825 bits per heavy atom. The lowest BCUT2D eigenvalue weighted by Gasteiger charge is -2.43. The first-order valence-electron chi connectivity index (χ1n) is 23.2. The van der Waals surface area contributed by atoms with E-state index in [1.165, 1.54) is 0 Å². The van der Waals surface area contributed by atoms with Gasteiger partial charge in [0.1, 0.15) is 6.04 Å². The van der Waals surface area contributed by atoms with Crippen molar-refractivity contribution in [3.8, 4) is 0 Å². The highest BCUT2D eigenvalue weighted by Gasteiger charge is 2.43. The largest absolute Gasteiger partial charge is 0.442 e. The predicted octanol–water partition coefficient (Wildman–Crippen LogP) is 6.33. The molecule has 1 atom stereocenters. The van der Waals surface area contributed by atoms with Gasteiger partial charge in [-0.3, -0.25) is 19.3 Å². The number of aryl methyl sites for hydroxylation is 1. The summed E-state index contributed by atoms with van der Waals surface area (Å²) in [5, 5.41) is 9.73. The van der Waals surface area contributed by atoms with Crippen LogP contribution in [0.5, 0.6) is 0 Å². The molecule has 5 aromatic rings. The monoisotopic (exact) mass is 854 g/mol. The van der Waals surface area contributed by atoms with Crippen LogP contribution in [0.25, 0.3) is 21.8 Å². The molecule has 1 aliphatic carbocycles. The molecule has 3 amide bonds. The van der Waals surface area contributed by atoms with Crippen LogP contribution in [0.2, 0.25) is 0 Å². The van der Waals surface area contributed by atoms with Crippen LogP contribution < -0.4 is 10.9 Å². The van der Waals surface area contributed by atoms with Gasteiger partial charge in [-0.05, 0) is 112 Å². The zero-order valence-corrected chi connectivity index (χ0v) is 36.9. The molecule has 0 bridgehead atoms. The lowest BCUT2D eigenvalue weighted by molar-refractivity contribution is -0.156. The van der Waals surface area contributed by atoms with Crippen molar-refractivity contribution in [3.63, 3.8) is 0 Å². The van der Waals surface area contributed by atoms with Crippen molar-refractivity contribution in [2.75, 3.05) is 59.4 Å². The minimum atomic E-state index is -0.772. The van der Waals surface area contributed by atoms with Crippen molar-refractivity contribution < 1.29 is 19.1 Å². The summed E-state index contributed by atoms with van der Waals surface area (Å²) in [6.45, 7) is 8.07. The number of carbonyl (C=O) groups is 3. The maximum absolute atomic E-state index is 14.6. The van der Waals surface area contributed by atoms with E-state index in [1.54, 1.807) is 15.8 Å². The van der Waals surface area contributed by atoms with Crippen molar-refractivity contribution in [2.24, 2.45) is 0 Å². The van der Waals surface area contributed by atoms with Crippen molar-refractivity contribution in [1.82, 2.24) is 39.7 Å². The zero-order valence-electron chi connectivity index (χ0n) is 36.9. The van der Waals surface area contributed by atoms with Gasteiger partial charge in [0.2, 0.25) is 5.91 Å². The van der Waals surface area contributed by atoms with Gasteiger partial charge in [-0.2, -0.15) is 5.10 Å². The Hall–Kier alpha value is -5.53. The van der Waals surface area contributed by atoms with E-state index >= 15 is 0 Å². The molecule has 2 N–H and O–H groups in total. The number of ether oxygens (including phenoxy) is 1. The fourth-order valence-electron chi connectivity index (χ4n) is 10.9. The lowest BCUT2D eigenvalue weighted by Crippen LogP contribution is -2.59. The number of rotatable bonds is 10. The first kappa shape index (κ1) is 42.8. The number of hydrogen-bond acceptors (Lipinski definition) is 8. The average molecular weight is 855 g/mol. The Labute approximate surface area is 369 Å². The first-order chi connectivity index (χ1) is 30.6. The fraction of sp³-hybridized carbons (Fsp3) is 0.500. The highest BCUT2D eigenvalue weighted by Crippen LogP contribution is 2.41. The summed E-state index contributed by atoms with van der Waals surface area (Å²) in [6.07, 6.45) is 10.4. The number of nitrogens with zero attached hydrogens (tertiary/aromatic N) is 6. The van der Waals surface area contributed by atoms with Crippen LogP contribution in [0.3, 0.4) is 0 Å². The molecular weight excluding hydrogens is 793 g/mol. The molecule has 13 heteroatoms. The molecule has 4 fully saturated rings. The number of fused-ring (bicyclic) bond motifs is 2. The van der Waals surface area contributed by atoms with Crippen LogP contribution in [0.4, 0.5) is 4.79 Å². The van der Waals surface area contributed by atoms with Crippen LogP contribution in [-0.4, -0.2) is 124 Å². The SMILES string of the molecule is Cc1cc(CC(NC(=O)N2CCC(c3cc4ccccc4[nH]c3=O)CC2)C(=O)N2CCN(C3CCN(C)CC3)CC2)cc2cnn(COC(=O)C3(c4ccccc4)CCCCC3)c12. The standard InChI is InChI=1S/C50H62N8O5/c1-35-29-36(30-39-33-51-58(45(35)39)34-63-48(61)50(19-9-4-10-20-50)40-12-5-3-6-13-40)31-44(47(60)56-27-25-55(26-28-56)41-17-21-54(2)22-18-41)53-49(62)57-23-15-37(16-24-57)42-32-38-11-7-8-14-43(38)52-46(42)59/h3,5-8,11-14,29-30,32-33,37,41,44H,4,9-10,15-28,31,34H2,1-2H3,(H,52,59)(H,53,62). The van der Waals surface area contributed by atoms with Gasteiger partial charge in [0, 0.05) is 68.2 Å². The Bertz CT molecular complexity index is 2470. The number of likely N-dealkylation sites (tertiary alicyclic amines) is 2. The number of urea groups is 1. The zero-order chi connectivity index (χ0) is 43.5. The summed E-state index contributed by atoms with van der Waals surface area (Å²) in [5.74, 6) is -0.237. The topological polar surface area (TPSA) is 136 Å². The van der Waals surface area contributed by atoms with E-state index in [0.717, 1.165) is 115 Å². The van der Waals surface area contributed by atoms with E-state index in [-0.39, 0.29) is 36.1 Å². The summed E-state index contributed by atoms with van der Waals surface area (Å²) in [7, 11) is 2.18. The lowest BCUT2D eigenvalue weighted by atomic mass is 9.69. The Balaban J connectivity index is 0.896. The minimum absolute atomic E-state index is 0.00372. The van der Waals surface area contributed by atoms with Crippen molar-refractivity contribution in [3.05, 3.63) is 112 Å². The minimum Gasteiger partial charge on any atom is -0.442 e. The van der Waals surface area contributed by atoms with Crippen LogP contribution in [0.1, 0.15) is 86.0 Å². The molecule has 0 spiro atoms. The predicted molar refractivity (Wildman–Crippen MR) is 245 cm³/mol. The average Bonchev–Trinajstić information content (AvgIpc) is 3.74. The number of aromatic nitrogens is 3. The van der Waals surface area contributed by atoms with E-state index < -0.39 is 11.5 Å². The molecule has 3 saturated heterocycles. The summed E-state index contributed by atoms with van der Waals surface area (Å²) < 4.78 is 7.83. The third-order valence-corrected chi connectivity index (χ3v) is 14.6. The number of benzene rings is 3. The normalized spacial score (nSPS) is 19.9. The molecule has 4 aliphatic rings. The number of carbonyl (C=O) groups excluding carboxylic acids is 3. The van der Waals surface area contributed by atoms with Crippen molar-refractivity contribution >= 4 is 39.7 Å². The van der Waals surface area contributed by atoms with Crippen LogP contribution >= 0.6 is 0 Å². The molecule has 2 aromatic heterocycles. The van der Waals surface area contributed by atoms with Gasteiger partial charge >= 0.3 is 12.0 Å². The number of pyridine rings is 1. The number of para-hydroxylation sites is 1. The molecule has 5 heterocycles. The Morgan fingerprint density at radius 3 is 2.29 bits per heavy atom. The number of piperidine rings is 2. The number of hydrogen-bond donors (Lipinski definition) is 2. The van der Waals surface area contributed by atoms with E-state index in [9.17, 15) is 19.2 Å². The van der Waals surface area contributed by atoms with Crippen LogP contribution in [0.15, 0.2) is 83.8 Å². The Kier molecular flexibility index (Phi) is 12.7. The van der Waals surface area contributed by atoms with Crippen molar-refractivity contribution in [2.45, 2.75) is 101 Å². The number of aromatic amines is 1. The molecule has 1 saturated carbocycles. The highest BCUT2D eigenvalue weighted by molar-refractivity contribution is 5.89. The highest BCUT2D eigenvalue weighted by atomic mass is 16.5. The van der Waals surface area contributed by atoms with Gasteiger partial charge in [0.15, 0.2) is 6.73 Å². The van der Waals surface area contributed by atoms with Crippen LogP contribution in [-0.2, 0) is 32.9 Å². The number of piperazine rings is 1. The number of esters is 1. The summed E-state index contributed by atoms with van der Waals surface area (Å²) in [6, 6.07) is 23.4. The summed E-state index contributed by atoms with van der Waals surface area (Å²) in [4.78, 5) is 67.3. The van der Waals surface area contributed by atoms with Crippen molar-refractivity contribution in [1.29, 1.82) is 0 Å². The first-order valence-corrected chi connectivity index (χ1v) is 23.2. The smallest absolute Gasteiger partial charge is 0.318 e. The van der Waals surface area contributed by atoms with Gasteiger partial charge in [0.25, 0.3) is 5.56 Å². The van der Waals surface area contributed by atoms with Gasteiger partial charge in [0.05, 0.1) is 17.1 Å². The molecule has 332 valence electrons. The molecular formula is C50H62N8O5. The summed E-state index contributed by atoms with van der Waals surface area (Å²) >= 11 is 0. The maximum atomic E-state index is 14.6. The molecule has 3 aromatic carbocycles. The third-order valence-electron chi connectivity index (χ3n) is 14.6. The van der Waals surface area contributed by atoms with Crippen LogP contribution in [0, 0.1) is 6.92 Å². The second-order valence-electron chi connectivity index (χ2n) is 18.6. The summed E-state index contributed by atoms with van der Waals surface area (Å²) in [5.41, 5.74) is 4.59. The second-order valence-corrected chi connectivity index (χ2v) is 18.6. The second kappa shape index (κ2) is 18.7. The third kappa shape index (κ3) is 9.13. The van der Waals surface area contributed by atoms with Gasteiger partial charge < -0.3 is 29.7 Å². The molecule has 1 unspecified atom stereocenters. The number of amides is 3. The van der Waals surface area contributed by atoms with E-state index in [2.05, 4.69) is 38.3 Å². The Morgan fingerprint density at radius 2 is 1.54 bits per heavy atom. The molecule has 3 aliphatic heterocycles. The number of H-pyrrole nitrogens is 1. The quantitative estimate of drug-likeness (QED) is 0.156. The molecule has 63 heavy (non-hydrogen) atoms. The molecule has 13 nitrogen and oxygen atoms in total. The number of nitrogens with one attached hydrogen (secondary N) is 2. The van der Waals surface area contributed by atoms with Gasteiger partial charge in [-0.1, -0.05) is 73.9 Å². The molecule has 0 radical (unpaired) electrons. The van der Waals surface area contributed by atoms with Gasteiger partial charge in [-0.15, -0.1) is 0 Å². The maximum Gasteiger partial charge on any atom is 0.318 e. The van der Waals surface area contributed by atoms with E-state index in [0.29, 0.717) is 51.5 Å². The van der Waals surface area contributed by atoms with Gasteiger partial charge in [-0.25, -0.2) is 9.48 Å². The van der Waals surface area contributed by atoms with E-state index in [4.69, 9.17) is 4.74 Å². The molecule has 9 rings (SSSR count).